The fourth-order valence-electron chi connectivity index (χ4n) is 1.81. The minimum absolute atomic E-state index is 0.0879. The van der Waals surface area contributed by atoms with Crippen LogP contribution in [0.25, 0.3) is 0 Å². The summed E-state index contributed by atoms with van der Waals surface area (Å²) in [6, 6.07) is 10.4. The van der Waals surface area contributed by atoms with E-state index in [0.717, 1.165) is 13.0 Å². The fourth-order valence-corrected chi connectivity index (χ4v) is 2.56. The van der Waals surface area contributed by atoms with Crippen molar-refractivity contribution in [3.8, 4) is 0 Å². The Labute approximate surface area is 87.2 Å². The summed E-state index contributed by atoms with van der Waals surface area (Å²) in [5.74, 6) is 0. The molecule has 1 aliphatic rings. The molecule has 13 heavy (non-hydrogen) atoms. The van der Waals surface area contributed by atoms with Gasteiger partial charge in [-0.1, -0.05) is 46.3 Å². The van der Waals surface area contributed by atoms with E-state index in [9.17, 15) is 0 Å². The third-order valence-corrected chi connectivity index (χ3v) is 3.17. The van der Waals surface area contributed by atoms with Crippen molar-refractivity contribution in [3.63, 3.8) is 0 Å². The third-order valence-electron chi connectivity index (χ3n) is 2.58. The van der Waals surface area contributed by atoms with Gasteiger partial charge in [-0.25, -0.2) is 0 Å². The van der Waals surface area contributed by atoms with E-state index in [0.29, 0.717) is 4.83 Å². The molecule has 0 radical (unpaired) electrons. The van der Waals surface area contributed by atoms with Crippen LogP contribution < -0.4 is 0 Å². The highest BCUT2D eigenvalue weighted by Crippen LogP contribution is 2.38. The fraction of sp³-hybridized carbons (Fsp3) is 0.455. The van der Waals surface area contributed by atoms with E-state index in [1.807, 2.05) is 6.07 Å². The highest BCUT2D eigenvalue weighted by molar-refractivity contribution is 9.09. The van der Waals surface area contributed by atoms with Crippen LogP contribution in [0.1, 0.15) is 18.9 Å². The molecule has 0 saturated carbocycles. The zero-order chi connectivity index (χ0) is 9.31. The van der Waals surface area contributed by atoms with Crippen LogP contribution in [0.15, 0.2) is 30.3 Å². The Kier molecular flexibility index (Phi) is 2.43. The Balaban J connectivity index is 2.26. The molecule has 1 nitrogen and oxygen atoms in total. The molecule has 2 unspecified atom stereocenters. The average molecular weight is 241 g/mol. The number of halogens is 1. The van der Waals surface area contributed by atoms with Gasteiger partial charge in [-0.2, -0.15) is 0 Å². The summed E-state index contributed by atoms with van der Waals surface area (Å²) in [6.07, 6.45) is 1.05. The molecule has 2 heteroatoms. The van der Waals surface area contributed by atoms with Crippen molar-refractivity contribution in [3.05, 3.63) is 35.9 Å². The molecule has 0 bridgehead atoms. The minimum atomic E-state index is -0.0879. The zero-order valence-corrected chi connectivity index (χ0v) is 9.25. The number of hydrogen-bond donors (Lipinski definition) is 0. The van der Waals surface area contributed by atoms with Gasteiger partial charge in [0.15, 0.2) is 0 Å². The Hall–Kier alpha value is -0.340. The summed E-state index contributed by atoms with van der Waals surface area (Å²) in [6.45, 7) is 2.97. The lowest BCUT2D eigenvalue weighted by Gasteiger charge is -2.23. The molecule has 1 saturated heterocycles. The number of hydrogen-bond acceptors (Lipinski definition) is 1. The normalized spacial score (nSPS) is 33.5. The van der Waals surface area contributed by atoms with Crippen LogP contribution in [0, 0.1) is 0 Å². The highest BCUT2D eigenvalue weighted by Gasteiger charge is 2.36. The second-order valence-corrected chi connectivity index (χ2v) is 5.00. The van der Waals surface area contributed by atoms with Crippen molar-refractivity contribution < 1.29 is 4.74 Å². The van der Waals surface area contributed by atoms with E-state index in [-0.39, 0.29) is 5.60 Å². The summed E-state index contributed by atoms with van der Waals surface area (Å²) < 4.78 is 5.79. The monoisotopic (exact) mass is 240 g/mol. The predicted molar refractivity (Wildman–Crippen MR) is 57.1 cm³/mol. The van der Waals surface area contributed by atoms with Crippen LogP contribution in [0.3, 0.4) is 0 Å². The smallest absolute Gasteiger partial charge is 0.0915 e. The molecule has 2 rings (SSSR count). The number of rotatable bonds is 1. The molecule has 1 aromatic carbocycles. The maximum Gasteiger partial charge on any atom is 0.0915 e. The van der Waals surface area contributed by atoms with E-state index >= 15 is 0 Å². The molecule has 1 aliphatic heterocycles. The summed E-state index contributed by atoms with van der Waals surface area (Å²) in [4.78, 5) is 0.498. The molecule has 1 fully saturated rings. The Bertz CT molecular complexity index is 285. The lowest BCUT2D eigenvalue weighted by molar-refractivity contribution is 0.0170. The zero-order valence-electron chi connectivity index (χ0n) is 7.66. The second kappa shape index (κ2) is 3.43. The maximum absolute atomic E-state index is 5.79. The topological polar surface area (TPSA) is 9.23 Å². The van der Waals surface area contributed by atoms with Crippen molar-refractivity contribution in [2.45, 2.75) is 23.8 Å². The third kappa shape index (κ3) is 1.79. The van der Waals surface area contributed by atoms with Gasteiger partial charge in [0.2, 0.25) is 0 Å². The highest BCUT2D eigenvalue weighted by atomic mass is 79.9. The molecular formula is C11H13BrO. The molecule has 0 aromatic heterocycles. The first-order valence-corrected chi connectivity index (χ1v) is 5.46. The van der Waals surface area contributed by atoms with Crippen molar-refractivity contribution in [2.24, 2.45) is 0 Å². The Morgan fingerprint density at radius 3 is 2.62 bits per heavy atom. The number of alkyl halides is 1. The van der Waals surface area contributed by atoms with Gasteiger partial charge in [-0.15, -0.1) is 0 Å². The van der Waals surface area contributed by atoms with Gasteiger partial charge in [0.1, 0.15) is 0 Å². The van der Waals surface area contributed by atoms with Crippen molar-refractivity contribution in [1.82, 2.24) is 0 Å². The van der Waals surface area contributed by atoms with Crippen LogP contribution in [0.4, 0.5) is 0 Å². The molecule has 0 aliphatic carbocycles. The first-order chi connectivity index (χ1) is 6.21. The van der Waals surface area contributed by atoms with Gasteiger partial charge in [0, 0.05) is 4.83 Å². The summed E-state index contributed by atoms with van der Waals surface area (Å²) in [7, 11) is 0. The molecule has 1 heterocycles. The second-order valence-electron chi connectivity index (χ2n) is 3.71. The quantitative estimate of drug-likeness (QED) is 0.686. The summed E-state index contributed by atoms with van der Waals surface area (Å²) in [5.41, 5.74) is 1.19. The molecule has 1 aromatic rings. The van der Waals surface area contributed by atoms with Gasteiger partial charge in [0.25, 0.3) is 0 Å². The van der Waals surface area contributed by atoms with Crippen LogP contribution in [-0.2, 0) is 10.3 Å². The number of benzene rings is 1. The van der Waals surface area contributed by atoms with Gasteiger partial charge in [-0.05, 0) is 18.9 Å². The molecule has 2 atom stereocenters. The molecule has 0 N–H and O–H groups in total. The molecule has 0 spiro atoms. The predicted octanol–water partition coefficient (Wildman–Crippen LogP) is 3.09. The Morgan fingerprint density at radius 2 is 2.08 bits per heavy atom. The average Bonchev–Trinajstić information content (AvgIpc) is 2.49. The van der Waals surface area contributed by atoms with E-state index in [1.165, 1.54) is 5.56 Å². The summed E-state index contributed by atoms with van der Waals surface area (Å²) in [5, 5.41) is 0. The van der Waals surface area contributed by atoms with E-state index in [4.69, 9.17) is 4.74 Å². The van der Waals surface area contributed by atoms with Crippen molar-refractivity contribution >= 4 is 15.9 Å². The minimum Gasteiger partial charge on any atom is -0.369 e. The van der Waals surface area contributed by atoms with Crippen molar-refractivity contribution in [2.75, 3.05) is 6.61 Å². The van der Waals surface area contributed by atoms with E-state index < -0.39 is 0 Å². The van der Waals surface area contributed by atoms with E-state index in [1.54, 1.807) is 0 Å². The SMILES string of the molecule is CC1(c2ccccc2)CC(Br)CO1. The first-order valence-electron chi connectivity index (χ1n) is 4.54. The Morgan fingerprint density at radius 1 is 1.38 bits per heavy atom. The van der Waals surface area contributed by atoms with Crippen molar-refractivity contribution in [1.29, 1.82) is 0 Å². The molecule has 0 amide bonds. The van der Waals surface area contributed by atoms with Gasteiger partial charge in [0.05, 0.1) is 12.2 Å². The van der Waals surface area contributed by atoms with Crippen LogP contribution in [0.5, 0.6) is 0 Å². The lowest BCUT2D eigenvalue weighted by Crippen LogP contribution is -2.19. The molecule has 70 valence electrons. The molecular weight excluding hydrogens is 228 g/mol. The van der Waals surface area contributed by atoms with Gasteiger partial charge >= 0.3 is 0 Å². The number of ether oxygens (including phenoxy) is 1. The maximum atomic E-state index is 5.79. The largest absolute Gasteiger partial charge is 0.369 e. The standard InChI is InChI=1S/C11H13BrO/c1-11(7-10(12)8-13-11)9-5-3-2-4-6-9/h2-6,10H,7-8H2,1H3. The van der Waals surface area contributed by atoms with E-state index in [2.05, 4.69) is 47.1 Å². The van der Waals surface area contributed by atoms with Crippen LogP contribution in [-0.4, -0.2) is 11.4 Å². The van der Waals surface area contributed by atoms with Crippen LogP contribution >= 0.6 is 15.9 Å². The summed E-state index contributed by atoms with van der Waals surface area (Å²) >= 11 is 3.59. The van der Waals surface area contributed by atoms with Crippen LogP contribution in [0.2, 0.25) is 0 Å². The van der Waals surface area contributed by atoms with Gasteiger partial charge in [-0.3, -0.25) is 0 Å². The first kappa shape index (κ1) is 9.22. The lowest BCUT2D eigenvalue weighted by atomic mass is 9.93. The van der Waals surface area contributed by atoms with Gasteiger partial charge < -0.3 is 4.74 Å².